The molecule has 0 atom stereocenters. The Kier molecular flexibility index (Phi) is 4.98. The first-order valence-corrected chi connectivity index (χ1v) is 6.50. The van der Waals surface area contributed by atoms with Crippen molar-refractivity contribution >= 4 is 11.3 Å². The molecule has 0 aliphatic carbocycles. The Balaban J connectivity index is 1.82. The van der Waals surface area contributed by atoms with Crippen LogP contribution in [-0.2, 0) is 18.0 Å². The van der Waals surface area contributed by atoms with Gasteiger partial charge >= 0.3 is 0 Å². The smallest absolute Gasteiger partial charge is 0.104 e. The molecule has 1 heterocycles. The van der Waals surface area contributed by atoms with Gasteiger partial charge in [-0.25, -0.2) is 0 Å². The summed E-state index contributed by atoms with van der Waals surface area (Å²) in [5.41, 5.74) is 1.18. The maximum Gasteiger partial charge on any atom is 0.104 e. The van der Waals surface area contributed by atoms with Crippen molar-refractivity contribution in [1.82, 2.24) is 0 Å². The van der Waals surface area contributed by atoms with Gasteiger partial charge in [-0.1, -0.05) is 42.2 Å². The second-order valence-corrected chi connectivity index (χ2v) is 4.87. The molecule has 2 nitrogen and oxygen atoms in total. The van der Waals surface area contributed by atoms with Gasteiger partial charge in [-0.3, -0.25) is 0 Å². The van der Waals surface area contributed by atoms with Crippen LogP contribution in [0.5, 0.6) is 0 Å². The number of hydrogen-bond donors (Lipinski definition) is 1. The average Bonchev–Trinajstić information content (AvgIpc) is 2.85. The molecule has 0 radical (unpaired) electrons. The van der Waals surface area contributed by atoms with E-state index >= 15 is 0 Å². The third-order valence-electron chi connectivity index (χ3n) is 2.31. The molecule has 1 aromatic carbocycles. The van der Waals surface area contributed by atoms with Crippen molar-refractivity contribution in [2.75, 3.05) is 6.61 Å². The third-order valence-corrected chi connectivity index (χ3v) is 3.28. The van der Waals surface area contributed by atoms with Gasteiger partial charge < -0.3 is 9.84 Å². The number of ether oxygens (including phenoxy) is 1. The molecule has 3 heteroatoms. The van der Waals surface area contributed by atoms with E-state index in [2.05, 4.69) is 11.8 Å². The molecule has 0 fully saturated rings. The predicted molar refractivity (Wildman–Crippen MR) is 73.2 cm³/mol. The Morgan fingerprint density at radius 3 is 2.67 bits per heavy atom. The zero-order valence-electron chi connectivity index (χ0n) is 9.93. The van der Waals surface area contributed by atoms with Crippen molar-refractivity contribution in [2.24, 2.45) is 0 Å². The highest BCUT2D eigenvalue weighted by atomic mass is 32.1. The lowest BCUT2D eigenvalue weighted by Gasteiger charge is -2.01. The minimum absolute atomic E-state index is 0.0995. The molecule has 0 aliphatic heterocycles. The highest BCUT2D eigenvalue weighted by molar-refractivity contribution is 7.12. The minimum Gasteiger partial charge on any atom is -0.384 e. The normalized spacial score (nSPS) is 9.83. The summed E-state index contributed by atoms with van der Waals surface area (Å²) >= 11 is 1.60. The highest BCUT2D eigenvalue weighted by Crippen LogP contribution is 2.16. The Labute approximate surface area is 111 Å². The van der Waals surface area contributed by atoms with Crippen molar-refractivity contribution in [3.05, 3.63) is 57.8 Å². The van der Waals surface area contributed by atoms with Crippen LogP contribution in [0.25, 0.3) is 0 Å². The van der Waals surface area contributed by atoms with E-state index in [0.717, 1.165) is 9.75 Å². The van der Waals surface area contributed by atoms with Crippen LogP contribution >= 0.6 is 11.3 Å². The average molecular weight is 258 g/mol. The molecule has 0 spiro atoms. The van der Waals surface area contributed by atoms with Crippen LogP contribution in [0.1, 0.15) is 15.3 Å². The Bertz CT molecular complexity index is 534. The molecule has 0 saturated carbocycles. The molecule has 2 aromatic rings. The van der Waals surface area contributed by atoms with Gasteiger partial charge in [-0.15, -0.1) is 11.3 Å². The molecule has 0 amide bonds. The Hall–Kier alpha value is -1.60. The summed E-state index contributed by atoms with van der Waals surface area (Å²) in [6.45, 7) is 1.12. The second-order valence-electron chi connectivity index (χ2n) is 3.70. The van der Waals surface area contributed by atoms with Gasteiger partial charge in [-0.2, -0.15) is 0 Å². The van der Waals surface area contributed by atoms with Crippen molar-refractivity contribution < 1.29 is 9.84 Å². The minimum atomic E-state index is -0.0995. The standard InChI is InChI=1S/C15H14O2S/c16-10-4-7-14-8-9-15(18-14)12-17-11-13-5-2-1-3-6-13/h1-3,5-6,8-9,16H,10-12H2. The largest absolute Gasteiger partial charge is 0.384 e. The van der Waals surface area contributed by atoms with Gasteiger partial charge in [0, 0.05) is 4.88 Å². The van der Waals surface area contributed by atoms with E-state index in [0.29, 0.717) is 13.2 Å². The summed E-state index contributed by atoms with van der Waals surface area (Å²) in [4.78, 5) is 2.11. The fourth-order valence-electron chi connectivity index (χ4n) is 1.49. The number of thiophene rings is 1. The molecule has 1 N–H and O–H groups in total. The summed E-state index contributed by atoms with van der Waals surface area (Å²) in [5.74, 6) is 5.52. The van der Waals surface area contributed by atoms with Crippen LogP contribution in [-0.4, -0.2) is 11.7 Å². The highest BCUT2D eigenvalue weighted by Gasteiger charge is 1.98. The molecular formula is C15H14O2S. The molecule has 1 aromatic heterocycles. The molecule has 92 valence electrons. The van der Waals surface area contributed by atoms with Crippen molar-refractivity contribution in [1.29, 1.82) is 0 Å². The second kappa shape index (κ2) is 6.97. The fraction of sp³-hybridized carbons (Fsp3) is 0.200. The zero-order valence-corrected chi connectivity index (χ0v) is 10.7. The van der Waals surface area contributed by atoms with Gasteiger partial charge in [0.25, 0.3) is 0 Å². The van der Waals surface area contributed by atoms with Crippen LogP contribution in [0.15, 0.2) is 42.5 Å². The Morgan fingerprint density at radius 2 is 1.89 bits per heavy atom. The number of rotatable bonds is 4. The first-order chi connectivity index (χ1) is 8.88. The molecule has 18 heavy (non-hydrogen) atoms. The van der Waals surface area contributed by atoms with Gasteiger partial charge in [0.05, 0.1) is 18.1 Å². The maximum atomic E-state index is 8.61. The number of aliphatic hydroxyl groups excluding tert-OH is 1. The third kappa shape index (κ3) is 4.01. The lowest BCUT2D eigenvalue weighted by molar-refractivity contribution is 0.109. The topological polar surface area (TPSA) is 29.5 Å². The number of benzene rings is 1. The van der Waals surface area contributed by atoms with E-state index in [1.807, 2.05) is 42.5 Å². The molecule has 0 aliphatic rings. The van der Waals surface area contributed by atoms with Crippen LogP contribution in [0.3, 0.4) is 0 Å². The maximum absolute atomic E-state index is 8.61. The predicted octanol–water partition coefficient (Wildman–Crippen LogP) is 2.81. The van der Waals surface area contributed by atoms with Crippen LogP contribution in [0.4, 0.5) is 0 Å². The van der Waals surface area contributed by atoms with Gasteiger partial charge in [-0.05, 0) is 17.7 Å². The first kappa shape index (κ1) is 12.8. The lowest BCUT2D eigenvalue weighted by Crippen LogP contribution is -1.91. The van der Waals surface area contributed by atoms with E-state index in [4.69, 9.17) is 9.84 Å². The fourth-order valence-corrected chi connectivity index (χ4v) is 2.31. The summed E-state index contributed by atoms with van der Waals surface area (Å²) in [5, 5.41) is 8.61. The van der Waals surface area contributed by atoms with Gasteiger partial charge in [0.15, 0.2) is 0 Å². The molecule has 0 saturated heterocycles. The summed E-state index contributed by atoms with van der Waals surface area (Å²) in [6, 6.07) is 14.1. The van der Waals surface area contributed by atoms with Crippen molar-refractivity contribution in [3.8, 4) is 11.8 Å². The number of hydrogen-bond acceptors (Lipinski definition) is 3. The molecule has 2 rings (SSSR count). The van der Waals surface area contributed by atoms with Crippen molar-refractivity contribution in [2.45, 2.75) is 13.2 Å². The lowest BCUT2D eigenvalue weighted by atomic mass is 10.2. The van der Waals surface area contributed by atoms with E-state index in [1.165, 1.54) is 5.56 Å². The zero-order chi connectivity index (χ0) is 12.6. The summed E-state index contributed by atoms with van der Waals surface area (Å²) in [7, 11) is 0. The van der Waals surface area contributed by atoms with Gasteiger partial charge in [0.1, 0.15) is 6.61 Å². The van der Waals surface area contributed by atoms with Gasteiger partial charge in [0.2, 0.25) is 0 Å². The van der Waals surface area contributed by atoms with Crippen LogP contribution < -0.4 is 0 Å². The van der Waals surface area contributed by atoms with E-state index in [9.17, 15) is 0 Å². The molecule has 0 unspecified atom stereocenters. The summed E-state index contributed by atoms with van der Waals surface area (Å²) in [6.07, 6.45) is 0. The van der Waals surface area contributed by atoms with E-state index < -0.39 is 0 Å². The number of aliphatic hydroxyl groups is 1. The Morgan fingerprint density at radius 1 is 1.06 bits per heavy atom. The SMILES string of the molecule is OCC#Cc1ccc(COCc2ccccc2)s1. The molecular weight excluding hydrogens is 244 g/mol. The first-order valence-electron chi connectivity index (χ1n) is 5.68. The monoisotopic (exact) mass is 258 g/mol. The molecule has 0 bridgehead atoms. The van der Waals surface area contributed by atoms with Crippen molar-refractivity contribution in [3.63, 3.8) is 0 Å². The quantitative estimate of drug-likeness (QED) is 0.855. The summed E-state index contributed by atoms with van der Waals surface area (Å²) < 4.78 is 5.64. The van der Waals surface area contributed by atoms with E-state index in [1.54, 1.807) is 11.3 Å². The van der Waals surface area contributed by atoms with Crippen LogP contribution in [0, 0.1) is 11.8 Å². The van der Waals surface area contributed by atoms with Crippen LogP contribution in [0.2, 0.25) is 0 Å². The van der Waals surface area contributed by atoms with E-state index in [-0.39, 0.29) is 6.61 Å².